The Hall–Kier alpha value is -0.0231. The fourth-order valence-electron chi connectivity index (χ4n) is 5.76. The average molecular weight is 515 g/mol. The van der Waals surface area contributed by atoms with Crippen molar-refractivity contribution >= 4 is 8.80 Å². The molecule has 0 N–H and O–H groups in total. The molecule has 6 nitrogen and oxygen atoms in total. The van der Waals surface area contributed by atoms with E-state index in [2.05, 4.69) is 23.6 Å². The molecule has 2 rings (SSSR count). The second-order valence-electron chi connectivity index (χ2n) is 10.7. The minimum atomic E-state index is -2.54. The Morgan fingerprint density at radius 2 is 1.23 bits per heavy atom. The van der Waals surface area contributed by atoms with Crippen LogP contribution in [0.4, 0.5) is 0 Å². The molecule has 7 heteroatoms. The van der Waals surface area contributed by atoms with Crippen LogP contribution in [0.5, 0.6) is 0 Å². The van der Waals surface area contributed by atoms with E-state index in [1.807, 2.05) is 20.8 Å². The summed E-state index contributed by atoms with van der Waals surface area (Å²) in [5.41, 5.74) is 0. The van der Waals surface area contributed by atoms with Crippen LogP contribution in [0.15, 0.2) is 0 Å². The number of rotatable bonds is 22. The number of epoxide rings is 1. The molecule has 0 aromatic rings. The van der Waals surface area contributed by atoms with Crippen LogP contribution in [0.2, 0.25) is 6.04 Å². The largest absolute Gasteiger partial charge is 0.500 e. The summed E-state index contributed by atoms with van der Waals surface area (Å²) >= 11 is 0. The van der Waals surface area contributed by atoms with Crippen LogP contribution < -0.4 is 0 Å². The summed E-state index contributed by atoms with van der Waals surface area (Å²) in [5, 5.41) is 0. The summed E-state index contributed by atoms with van der Waals surface area (Å²) < 4.78 is 23.8. The van der Waals surface area contributed by atoms with Gasteiger partial charge in [0.1, 0.15) is 0 Å². The second kappa shape index (κ2) is 18.3. The summed E-state index contributed by atoms with van der Waals surface area (Å²) in [5.74, 6) is 1.69. The van der Waals surface area contributed by atoms with Crippen molar-refractivity contribution in [1.29, 1.82) is 0 Å². The highest BCUT2D eigenvalue weighted by Gasteiger charge is 2.40. The van der Waals surface area contributed by atoms with Gasteiger partial charge in [-0.15, -0.1) is 0 Å². The maximum Gasteiger partial charge on any atom is 0.500 e. The lowest BCUT2D eigenvalue weighted by atomic mass is 9.80. The van der Waals surface area contributed by atoms with Crippen molar-refractivity contribution in [1.82, 2.24) is 9.80 Å². The standard InChI is InChI=1S/C28H58N2O4Si/c1-6-11-17-29(19-14-20-35(32-8-3,33-9-4)34-10-5)22-26-15-13-16-27(21-26)23-30(18-12-7-2)24-28-25-31-28/h26-28H,6-25H2,1-5H3. The fourth-order valence-corrected chi connectivity index (χ4v) is 8.35. The molecule has 1 saturated heterocycles. The molecule has 1 saturated carbocycles. The molecule has 208 valence electrons. The molecule has 0 aromatic heterocycles. The van der Waals surface area contributed by atoms with E-state index in [0.717, 1.165) is 44.0 Å². The normalized spacial score (nSPS) is 22.9. The third kappa shape index (κ3) is 12.9. The monoisotopic (exact) mass is 514 g/mol. The molecular weight excluding hydrogens is 456 g/mol. The second-order valence-corrected chi connectivity index (χ2v) is 13.4. The highest BCUT2D eigenvalue weighted by Crippen LogP contribution is 2.31. The van der Waals surface area contributed by atoms with Gasteiger partial charge in [0, 0.05) is 45.5 Å². The van der Waals surface area contributed by atoms with Crippen molar-refractivity contribution in [2.45, 2.75) is 105 Å². The van der Waals surface area contributed by atoms with Crippen molar-refractivity contribution in [2.75, 3.05) is 65.7 Å². The highest BCUT2D eigenvalue weighted by atomic mass is 28.4. The van der Waals surface area contributed by atoms with E-state index >= 15 is 0 Å². The molecule has 0 spiro atoms. The molecule has 1 aliphatic heterocycles. The third-order valence-electron chi connectivity index (χ3n) is 7.49. The summed E-state index contributed by atoms with van der Waals surface area (Å²) in [6.07, 6.45) is 12.3. The lowest BCUT2D eigenvalue weighted by molar-refractivity contribution is 0.0693. The van der Waals surface area contributed by atoms with Crippen LogP contribution in [0.25, 0.3) is 0 Å². The third-order valence-corrected chi connectivity index (χ3v) is 10.6. The zero-order valence-corrected chi connectivity index (χ0v) is 24.9. The first-order valence-corrected chi connectivity index (χ1v) is 17.0. The van der Waals surface area contributed by atoms with Crippen molar-refractivity contribution in [3.8, 4) is 0 Å². The molecule has 1 heterocycles. The Kier molecular flexibility index (Phi) is 16.3. The molecular formula is C28H58N2O4Si. The van der Waals surface area contributed by atoms with E-state index < -0.39 is 8.80 Å². The predicted molar refractivity (Wildman–Crippen MR) is 148 cm³/mol. The van der Waals surface area contributed by atoms with Crippen molar-refractivity contribution in [3.05, 3.63) is 0 Å². The Bertz CT molecular complexity index is 506. The molecule has 0 amide bonds. The molecule has 2 aliphatic rings. The minimum absolute atomic E-state index is 0.511. The molecule has 1 aliphatic carbocycles. The topological polar surface area (TPSA) is 46.7 Å². The summed E-state index contributed by atoms with van der Waals surface area (Å²) in [6.45, 7) is 21.0. The lowest BCUT2D eigenvalue weighted by Gasteiger charge is -2.36. The van der Waals surface area contributed by atoms with E-state index in [0.29, 0.717) is 25.9 Å². The summed E-state index contributed by atoms with van der Waals surface area (Å²) in [4.78, 5) is 5.45. The quantitative estimate of drug-likeness (QED) is 0.134. The Morgan fingerprint density at radius 3 is 1.74 bits per heavy atom. The number of nitrogens with zero attached hydrogens (tertiary/aromatic N) is 2. The first kappa shape index (κ1) is 31.2. The van der Waals surface area contributed by atoms with Gasteiger partial charge in [0.15, 0.2) is 0 Å². The van der Waals surface area contributed by atoms with Gasteiger partial charge in [-0.05, 0) is 90.8 Å². The molecule has 3 unspecified atom stereocenters. The van der Waals surface area contributed by atoms with E-state index in [-0.39, 0.29) is 0 Å². The van der Waals surface area contributed by atoms with Crippen molar-refractivity contribution < 1.29 is 18.0 Å². The maximum atomic E-state index is 6.10. The highest BCUT2D eigenvalue weighted by molar-refractivity contribution is 6.60. The van der Waals surface area contributed by atoms with Crippen LogP contribution in [0.1, 0.15) is 92.4 Å². The molecule has 0 radical (unpaired) electrons. The summed E-state index contributed by atoms with van der Waals surface area (Å²) in [6, 6.07) is 0.925. The smallest absolute Gasteiger partial charge is 0.374 e. The van der Waals surface area contributed by atoms with Gasteiger partial charge in [-0.3, -0.25) is 0 Å². The number of ether oxygens (including phenoxy) is 1. The van der Waals surface area contributed by atoms with Crippen LogP contribution in [0, 0.1) is 11.8 Å². The first-order chi connectivity index (χ1) is 17.1. The Morgan fingerprint density at radius 1 is 0.714 bits per heavy atom. The lowest BCUT2D eigenvalue weighted by Crippen LogP contribution is -2.46. The SMILES string of the molecule is CCCCN(CCC[Si](OCC)(OCC)OCC)CC1CCCC(CN(CCCC)CC2CO2)C1. The fraction of sp³-hybridized carbons (Fsp3) is 1.00. The molecule has 3 atom stereocenters. The number of hydrogen-bond acceptors (Lipinski definition) is 6. The van der Waals surface area contributed by atoms with Gasteiger partial charge in [-0.25, -0.2) is 0 Å². The molecule has 2 fully saturated rings. The Balaban J connectivity index is 1.86. The van der Waals surface area contributed by atoms with Crippen LogP contribution in [0.3, 0.4) is 0 Å². The zero-order chi connectivity index (χ0) is 25.4. The first-order valence-electron chi connectivity index (χ1n) is 15.1. The maximum absolute atomic E-state index is 6.10. The van der Waals surface area contributed by atoms with Gasteiger partial charge in [0.05, 0.1) is 12.7 Å². The Labute approximate surface area is 218 Å². The van der Waals surface area contributed by atoms with Gasteiger partial charge >= 0.3 is 8.80 Å². The van der Waals surface area contributed by atoms with Gasteiger partial charge < -0.3 is 27.8 Å². The zero-order valence-electron chi connectivity index (χ0n) is 23.9. The van der Waals surface area contributed by atoms with Crippen molar-refractivity contribution in [3.63, 3.8) is 0 Å². The van der Waals surface area contributed by atoms with E-state index in [1.165, 1.54) is 77.5 Å². The van der Waals surface area contributed by atoms with E-state index in [1.54, 1.807) is 0 Å². The number of hydrogen-bond donors (Lipinski definition) is 0. The van der Waals surface area contributed by atoms with Crippen molar-refractivity contribution in [2.24, 2.45) is 11.8 Å². The molecule has 35 heavy (non-hydrogen) atoms. The van der Waals surface area contributed by atoms with Gasteiger partial charge in [-0.1, -0.05) is 33.1 Å². The van der Waals surface area contributed by atoms with E-state index in [9.17, 15) is 0 Å². The van der Waals surface area contributed by atoms with Gasteiger partial charge in [0.25, 0.3) is 0 Å². The van der Waals surface area contributed by atoms with Gasteiger partial charge in [-0.2, -0.15) is 0 Å². The van der Waals surface area contributed by atoms with Gasteiger partial charge in [0.2, 0.25) is 0 Å². The van der Waals surface area contributed by atoms with Crippen LogP contribution in [-0.4, -0.2) is 90.4 Å². The number of unbranched alkanes of at least 4 members (excludes halogenated alkanes) is 2. The average Bonchev–Trinajstić information content (AvgIpc) is 3.66. The predicted octanol–water partition coefficient (Wildman–Crippen LogP) is 5.83. The summed E-state index contributed by atoms with van der Waals surface area (Å²) in [7, 11) is -2.54. The van der Waals surface area contributed by atoms with Crippen LogP contribution >= 0.6 is 0 Å². The minimum Gasteiger partial charge on any atom is -0.374 e. The van der Waals surface area contributed by atoms with Crippen LogP contribution in [-0.2, 0) is 18.0 Å². The molecule has 0 bridgehead atoms. The van der Waals surface area contributed by atoms with E-state index in [4.69, 9.17) is 18.0 Å². The molecule has 0 aromatic carbocycles.